The molecule has 1 saturated heterocycles. The van der Waals surface area contributed by atoms with E-state index in [0.29, 0.717) is 5.56 Å². The Morgan fingerprint density at radius 2 is 2.25 bits per heavy atom. The van der Waals surface area contributed by atoms with Crippen molar-refractivity contribution in [2.45, 2.75) is 18.9 Å². The molecule has 1 fully saturated rings. The number of nitro groups is 1. The summed E-state index contributed by atoms with van der Waals surface area (Å²) in [5.41, 5.74) is 0.422. The third kappa shape index (κ3) is 3.89. The minimum atomic E-state index is -0.456. The van der Waals surface area contributed by atoms with Crippen molar-refractivity contribution < 1.29 is 9.72 Å². The molecule has 106 valence electrons. The Kier molecular flexibility index (Phi) is 4.84. The van der Waals surface area contributed by atoms with Crippen LogP contribution in [0.1, 0.15) is 18.4 Å². The molecular weight excluding hydrogens is 258 g/mol. The fourth-order valence-corrected chi connectivity index (χ4v) is 2.18. The summed E-state index contributed by atoms with van der Waals surface area (Å²) in [5.74, 6) is -0.225. The van der Waals surface area contributed by atoms with Crippen LogP contribution in [0.4, 0.5) is 5.69 Å². The van der Waals surface area contributed by atoms with E-state index in [2.05, 4.69) is 10.6 Å². The molecule has 2 N–H and O–H groups in total. The van der Waals surface area contributed by atoms with Gasteiger partial charge in [0, 0.05) is 24.7 Å². The highest BCUT2D eigenvalue weighted by molar-refractivity contribution is 5.92. The first-order valence-electron chi connectivity index (χ1n) is 6.59. The quantitative estimate of drug-likeness (QED) is 0.495. The van der Waals surface area contributed by atoms with Crippen molar-refractivity contribution in [3.8, 4) is 0 Å². The lowest BCUT2D eigenvalue weighted by Crippen LogP contribution is -2.45. The van der Waals surface area contributed by atoms with E-state index in [0.717, 1.165) is 25.9 Å². The van der Waals surface area contributed by atoms with Gasteiger partial charge in [-0.25, -0.2) is 0 Å². The number of amides is 1. The zero-order chi connectivity index (χ0) is 14.4. The number of nitro benzene ring substituents is 1. The van der Waals surface area contributed by atoms with Crippen LogP contribution in [0, 0.1) is 10.1 Å². The summed E-state index contributed by atoms with van der Waals surface area (Å²) in [6.45, 7) is 1.75. The zero-order valence-electron chi connectivity index (χ0n) is 11.0. The second kappa shape index (κ2) is 6.81. The van der Waals surface area contributed by atoms with E-state index in [4.69, 9.17) is 0 Å². The Labute approximate surface area is 117 Å². The fraction of sp³-hybridized carbons (Fsp3) is 0.357. The maximum Gasteiger partial charge on any atom is 0.276 e. The Bertz CT molecular complexity index is 522. The van der Waals surface area contributed by atoms with Crippen LogP contribution < -0.4 is 10.6 Å². The summed E-state index contributed by atoms with van der Waals surface area (Å²) in [7, 11) is 0. The standard InChI is InChI=1S/C14H17N3O3/c18-14(16-12-5-3-9-15-10-12)8-7-11-4-1-2-6-13(11)17(19)20/h1-2,4,6-8,12,15H,3,5,9-10H2,(H,16,18)/b8-7+/t12-/m0/s1. The molecule has 1 heterocycles. The van der Waals surface area contributed by atoms with E-state index in [1.165, 1.54) is 18.2 Å². The van der Waals surface area contributed by atoms with E-state index in [1.54, 1.807) is 18.2 Å². The molecule has 1 atom stereocenters. The topological polar surface area (TPSA) is 84.3 Å². The van der Waals surface area contributed by atoms with Gasteiger partial charge < -0.3 is 10.6 Å². The first-order valence-corrected chi connectivity index (χ1v) is 6.59. The van der Waals surface area contributed by atoms with Crippen LogP contribution in [0.25, 0.3) is 6.08 Å². The lowest BCUT2D eigenvalue weighted by molar-refractivity contribution is -0.385. The molecule has 0 bridgehead atoms. The second-order valence-corrected chi connectivity index (χ2v) is 4.70. The number of hydrogen-bond acceptors (Lipinski definition) is 4. The van der Waals surface area contributed by atoms with Crippen LogP contribution in [-0.4, -0.2) is 30.0 Å². The molecule has 1 aromatic carbocycles. The van der Waals surface area contributed by atoms with Gasteiger partial charge in [-0.3, -0.25) is 14.9 Å². The minimum absolute atomic E-state index is 0.00381. The van der Waals surface area contributed by atoms with Gasteiger partial charge in [-0.2, -0.15) is 0 Å². The lowest BCUT2D eigenvalue weighted by Gasteiger charge is -2.23. The number of rotatable bonds is 4. The summed E-state index contributed by atoms with van der Waals surface area (Å²) in [6.07, 6.45) is 4.82. The summed E-state index contributed by atoms with van der Waals surface area (Å²) < 4.78 is 0. The minimum Gasteiger partial charge on any atom is -0.349 e. The van der Waals surface area contributed by atoms with E-state index < -0.39 is 4.92 Å². The number of piperidine rings is 1. The second-order valence-electron chi connectivity index (χ2n) is 4.70. The van der Waals surface area contributed by atoms with Gasteiger partial charge >= 0.3 is 0 Å². The molecule has 0 spiro atoms. The Morgan fingerprint density at radius 1 is 1.45 bits per heavy atom. The van der Waals surface area contributed by atoms with Gasteiger partial charge in [-0.15, -0.1) is 0 Å². The number of nitrogens with one attached hydrogen (secondary N) is 2. The SMILES string of the molecule is O=C(/C=C/c1ccccc1[N+](=O)[O-])N[C@H]1CCCNC1. The predicted octanol–water partition coefficient (Wildman–Crippen LogP) is 1.48. The molecule has 6 nitrogen and oxygen atoms in total. The van der Waals surface area contributed by atoms with Crippen LogP contribution in [0.15, 0.2) is 30.3 Å². The smallest absolute Gasteiger partial charge is 0.276 e. The maximum absolute atomic E-state index is 11.8. The monoisotopic (exact) mass is 275 g/mol. The number of carbonyl (C=O) groups is 1. The molecule has 2 rings (SSSR count). The van der Waals surface area contributed by atoms with E-state index in [1.807, 2.05) is 0 Å². The summed E-state index contributed by atoms with van der Waals surface area (Å²) in [6, 6.07) is 6.47. The average Bonchev–Trinajstić information content (AvgIpc) is 2.46. The van der Waals surface area contributed by atoms with Crippen molar-refractivity contribution in [2.75, 3.05) is 13.1 Å². The molecule has 1 amide bonds. The van der Waals surface area contributed by atoms with Gasteiger partial charge in [-0.05, 0) is 31.5 Å². The molecule has 1 aromatic rings. The van der Waals surface area contributed by atoms with Gasteiger partial charge in [0.25, 0.3) is 5.69 Å². The fourth-order valence-electron chi connectivity index (χ4n) is 2.18. The Balaban J connectivity index is 1.98. The van der Waals surface area contributed by atoms with Crippen LogP contribution >= 0.6 is 0 Å². The molecule has 0 saturated carbocycles. The molecule has 20 heavy (non-hydrogen) atoms. The molecule has 0 unspecified atom stereocenters. The van der Waals surface area contributed by atoms with Crippen LogP contribution in [0.3, 0.4) is 0 Å². The van der Waals surface area contributed by atoms with Crippen molar-refractivity contribution >= 4 is 17.7 Å². The van der Waals surface area contributed by atoms with Crippen LogP contribution in [-0.2, 0) is 4.79 Å². The summed E-state index contributed by atoms with van der Waals surface area (Å²) in [4.78, 5) is 22.2. The zero-order valence-corrected chi connectivity index (χ0v) is 11.0. The third-order valence-corrected chi connectivity index (χ3v) is 3.19. The van der Waals surface area contributed by atoms with Crippen LogP contribution in [0.2, 0.25) is 0 Å². The van der Waals surface area contributed by atoms with Crippen molar-refractivity contribution in [1.29, 1.82) is 0 Å². The number of carbonyl (C=O) groups excluding carboxylic acids is 1. The molecule has 0 radical (unpaired) electrons. The van der Waals surface area contributed by atoms with E-state index >= 15 is 0 Å². The van der Waals surface area contributed by atoms with Crippen molar-refractivity contribution in [2.24, 2.45) is 0 Å². The maximum atomic E-state index is 11.8. The molecule has 0 aliphatic carbocycles. The van der Waals surface area contributed by atoms with Gasteiger partial charge in [0.1, 0.15) is 0 Å². The molecule has 6 heteroatoms. The van der Waals surface area contributed by atoms with Crippen molar-refractivity contribution in [1.82, 2.24) is 10.6 Å². The van der Waals surface area contributed by atoms with Gasteiger partial charge in [-0.1, -0.05) is 12.1 Å². The van der Waals surface area contributed by atoms with E-state index in [9.17, 15) is 14.9 Å². The average molecular weight is 275 g/mol. The van der Waals surface area contributed by atoms with Crippen LogP contribution in [0.5, 0.6) is 0 Å². The summed E-state index contributed by atoms with van der Waals surface area (Å²) in [5, 5.41) is 16.9. The highest BCUT2D eigenvalue weighted by atomic mass is 16.6. The first-order chi connectivity index (χ1) is 9.66. The molecule has 1 aliphatic rings. The summed E-state index contributed by atoms with van der Waals surface area (Å²) >= 11 is 0. The van der Waals surface area contributed by atoms with Crippen molar-refractivity contribution in [3.05, 3.63) is 46.0 Å². The normalized spacial score (nSPS) is 18.9. The largest absolute Gasteiger partial charge is 0.349 e. The predicted molar refractivity (Wildman–Crippen MR) is 76.2 cm³/mol. The number of para-hydroxylation sites is 1. The van der Waals surface area contributed by atoms with Crippen molar-refractivity contribution in [3.63, 3.8) is 0 Å². The lowest BCUT2D eigenvalue weighted by atomic mass is 10.1. The van der Waals surface area contributed by atoms with Gasteiger partial charge in [0.05, 0.1) is 10.5 Å². The highest BCUT2D eigenvalue weighted by Crippen LogP contribution is 2.18. The number of benzene rings is 1. The Hall–Kier alpha value is -2.21. The molecule has 0 aromatic heterocycles. The van der Waals surface area contributed by atoms with Gasteiger partial charge in [0.2, 0.25) is 5.91 Å². The van der Waals surface area contributed by atoms with E-state index in [-0.39, 0.29) is 17.6 Å². The highest BCUT2D eigenvalue weighted by Gasteiger charge is 2.14. The first kappa shape index (κ1) is 14.2. The number of nitrogens with zero attached hydrogens (tertiary/aromatic N) is 1. The molecular formula is C14H17N3O3. The number of hydrogen-bond donors (Lipinski definition) is 2. The Morgan fingerprint density at radius 3 is 2.95 bits per heavy atom. The molecule has 1 aliphatic heterocycles. The van der Waals surface area contributed by atoms with Gasteiger partial charge in [0.15, 0.2) is 0 Å². The third-order valence-electron chi connectivity index (χ3n) is 3.19.